The van der Waals surface area contributed by atoms with Crippen LogP contribution in [0.15, 0.2) is 12.1 Å². The van der Waals surface area contributed by atoms with E-state index in [0.717, 1.165) is 5.56 Å². The molecule has 1 aromatic rings. The normalized spacial score (nSPS) is 12.5. The first kappa shape index (κ1) is 11.8. The van der Waals surface area contributed by atoms with Gasteiger partial charge in [-0.1, -0.05) is 12.1 Å². The molecule has 1 aromatic carbocycles. The van der Waals surface area contributed by atoms with Crippen LogP contribution in [-0.2, 0) is 0 Å². The van der Waals surface area contributed by atoms with Gasteiger partial charge in [0.1, 0.15) is 0 Å². The van der Waals surface area contributed by atoms with E-state index in [0.29, 0.717) is 17.7 Å². The molecule has 15 heavy (non-hydrogen) atoms. The second kappa shape index (κ2) is 5.00. The first-order chi connectivity index (χ1) is 7.11. The Bertz CT molecular complexity index is 339. The van der Waals surface area contributed by atoms with E-state index in [1.165, 1.54) is 7.11 Å². The molecule has 84 valence electrons. The Labute approximate surface area is 89.3 Å². The van der Waals surface area contributed by atoms with Crippen molar-refractivity contribution in [1.29, 1.82) is 0 Å². The van der Waals surface area contributed by atoms with Crippen LogP contribution in [0.5, 0.6) is 11.5 Å². The zero-order valence-electron chi connectivity index (χ0n) is 9.03. The largest absolute Gasteiger partial charge is 0.504 e. The molecule has 0 saturated heterocycles. The SMILES string of the molecule is COc1c(C)ccc(C(N)CCO)c1O. The Morgan fingerprint density at radius 3 is 2.67 bits per heavy atom. The lowest BCUT2D eigenvalue weighted by molar-refractivity contribution is 0.275. The summed E-state index contributed by atoms with van der Waals surface area (Å²) >= 11 is 0. The zero-order valence-corrected chi connectivity index (χ0v) is 9.03. The third-order valence-corrected chi connectivity index (χ3v) is 2.40. The zero-order chi connectivity index (χ0) is 11.4. The van der Waals surface area contributed by atoms with Crippen molar-refractivity contribution in [2.24, 2.45) is 5.73 Å². The van der Waals surface area contributed by atoms with Gasteiger partial charge in [0.05, 0.1) is 7.11 Å². The summed E-state index contributed by atoms with van der Waals surface area (Å²) in [4.78, 5) is 0. The lowest BCUT2D eigenvalue weighted by Gasteiger charge is -2.15. The third-order valence-electron chi connectivity index (χ3n) is 2.40. The van der Waals surface area contributed by atoms with E-state index >= 15 is 0 Å². The number of aliphatic hydroxyl groups excluding tert-OH is 1. The maximum Gasteiger partial charge on any atom is 0.163 e. The van der Waals surface area contributed by atoms with Gasteiger partial charge < -0.3 is 20.7 Å². The maximum absolute atomic E-state index is 9.88. The van der Waals surface area contributed by atoms with E-state index in [1.807, 2.05) is 13.0 Å². The van der Waals surface area contributed by atoms with Gasteiger partial charge in [-0.3, -0.25) is 0 Å². The maximum atomic E-state index is 9.88. The Hall–Kier alpha value is -1.26. The molecular formula is C11H17NO3. The van der Waals surface area contributed by atoms with Crippen molar-refractivity contribution in [2.45, 2.75) is 19.4 Å². The number of benzene rings is 1. The van der Waals surface area contributed by atoms with Crippen LogP contribution in [0.25, 0.3) is 0 Å². The molecule has 0 heterocycles. The van der Waals surface area contributed by atoms with E-state index < -0.39 is 0 Å². The van der Waals surface area contributed by atoms with Gasteiger partial charge in [0, 0.05) is 18.2 Å². The average Bonchev–Trinajstić information content (AvgIpc) is 2.18. The second-order valence-electron chi connectivity index (χ2n) is 3.47. The van der Waals surface area contributed by atoms with Gasteiger partial charge in [-0.15, -0.1) is 0 Å². The third kappa shape index (κ3) is 2.40. The molecule has 0 spiro atoms. The number of hydrogen-bond acceptors (Lipinski definition) is 4. The van der Waals surface area contributed by atoms with E-state index in [9.17, 15) is 5.11 Å². The molecule has 0 radical (unpaired) electrons. The van der Waals surface area contributed by atoms with E-state index in [1.54, 1.807) is 6.07 Å². The summed E-state index contributed by atoms with van der Waals surface area (Å²) in [6, 6.07) is 3.23. The molecule has 0 aliphatic heterocycles. The smallest absolute Gasteiger partial charge is 0.163 e. The Morgan fingerprint density at radius 1 is 1.47 bits per heavy atom. The van der Waals surface area contributed by atoms with E-state index in [4.69, 9.17) is 15.6 Å². The molecular weight excluding hydrogens is 194 g/mol. The van der Waals surface area contributed by atoms with Crippen LogP contribution < -0.4 is 10.5 Å². The molecule has 0 aromatic heterocycles. The number of methoxy groups -OCH3 is 1. The van der Waals surface area contributed by atoms with Crippen LogP contribution in [0.4, 0.5) is 0 Å². The lowest BCUT2D eigenvalue weighted by Crippen LogP contribution is -2.12. The number of phenolic OH excluding ortho intramolecular Hbond substituents is 1. The second-order valence-corrected chi connectivity index (χ2v) is 3.47. The van der Waals surface area contributed by atoms with Gasteiger partial charge in [0.15, 0.2) is 11.5 Å². The molecule has 1 rings (SSSR count). The van der Waals surface area contributed by atoms with Gasteiger partial charge in [0.25, 0.3) is 0 Å². The molecule has 0 bridgehead atoms. The summed E-state index contributed by atoms with van der Waals surface area (Å²) in [6.07, 6.45) is 0.416. The van der Waals surface area contributed by atoms with Gasteiger partial charge in [-0.05, 0) is 18.9 Å². The molecule has 0 amide bonds. The fraction of sp³-hybridized carbons (Fsp3) is 0.455. The number of nitrogens with two attached hydrogens (primary N) is 1. The van der Waals surface area contributed by atoms with Gasteiger partial charge in [-0.2, -0.15) is 0 Å². The van der Waals surface area contributed by atoms with Crippen LogP contribution in [0.3, 0.4) is 0 Å². The summed E-state index contributed by atoms with van der Waals surface area (Å²) in [6.45, 7) is 1.84. The number of ether oxygens (including phenoxy) is 1. The molecule has 0 aliphatic carbocycles. The van der Waals surface area contributed by atoms with Crippen LogP contribution in [-0.4, -0.2) is 23.9 Å². The molecule has 1 unspecified atom stereocenters. The van der Waals surface area contributed by atoms with E-state index in [2.05, 4.69) is 0 Å². The Kier molecular flexibility index (Phi) is 3.94. The van der Waals surface area contributed by atoms with Crippen LogP contribution >= 0.6 is 0 Å². The molecule has 4 nitrogen and oxygen atoms in total. The van der Waals surface area contributed by atoms with Crippen molar-refractivity contribution in [3.63, 3.8) is 0 Å². The number of rotatable bonds is 4. The highest BCUT2D eigenvalue weighted by Gasteiger charge is 2.15. The first-order valence-electron chi connectivity index (χ1n) is 4.84. The van der Waals surface area contributed by atoms with E-state index in [-0.39, 0.29) is 18.4 Å². The van der Waals surface area contributed by atoms with Crippen molar-refractivity contribution in [2.75, 3.05) is 13.7 Å². The molecule has 0 saturated carbocycles. The molecule has 0 fully saturated rings. The summed E-state index contributed by atoms with van der Waals surface area (Å²) in [7, 11) is 1.50. The highest BCUT2D eigenvalue weighted by molar-refractivity contribution is 5.51. The van der Waals surface area contributed by atoms with Crippen molar-refractivity contribution < 1.29 is 14.9 Å². The number of phenols is 1. The monoisotopic (exact) mass is 211 g/mol. The minimum absolute atomic E-state index is 0.00318. The van der Waals surface area contributed by atoms with Crippen molar-refractivity contribution in [3.05, 3.63) is 23.3 Å². The predicted octanol–water partition coefficient (Wildman–Crippen LogP) is 1.09. The highest BCUT2D eigenvalue weighted by atomic mass is 16.5. The standard InChI is InChI=1S/C11H17NO3/c1-7-3-4-8(9(12)5-6-13)10(14)11(7)15-2/h3-4,9,13-14H,5-6,12H2,1-2H3. The molecule has 0 aliphatic rings. The van der Waals surface area contributed by atoms with Crippen LogP contribution in [0.1, 0.15) is 23.6 Å². The molecule has 4 N–H and O–H groups in total. The number of hydrogen-bond donors (Lipinski definition) is 3. The van der Waals surface area contributed by atoms with Gasteiger partial charge in [-0.25, -0.2) is 0 Å². The predicted molar refractivity (Wildman–Crippen MR) is 58.0 cm³/mol. The Morgan fingerprint density at radius 2 is 2.13 bits per heavy atom. The fourth-order valence-electron chi connectivity index (χ4n) is 1.54. The van der Waals surface area contributed by atoms with Crippen molar-refractivity contribution in [1.82, 2.24) is 0 Å². The summed E-state index contributed by atoms with van der Waals surface area (Å²) in [5.41, 5.74) is 7.26. The topological polar surface area (TPSA) is 75.7 Å². The Balaban J connectivity index is 3.09. The van der Waals surface area contributed by atoms with Gasteiger partial charge >= 0.3 is 0 Å². The van der Waals surface area contributed by atoms with Gasteiger partial charge in [0.2, 0.25) is 0 Å². The number of aromatic hydroxyl groups is 1. The van der Waals surface area contributed by atoms with Crippen molar-refractivity contribution in [3.8, 4) is 11.5 Å². The first-order valence-corrected chi connectivity index (χ1v) is 4.84. The summed E-state index contributed by atoms with van der Waals surface area (Å²) in [5, 5.41) is 18.7. The quantitative estimate of drug-likeness (QED) is 0.697. The van der Waals surface area contributed by atoms with Crippen LogP contribution in [0.2, 0.25) is 0 Å². The van der Waals surface area contributed by atoms with Crippen molar-refractivity contribution >= 4 is 0 Å². The van der Waals surface area contributed by atoms with Crippen LogP contribution in [0, 0.1) is 6.92 Å². The molecule has 4 heteroatoms. The lowest BCUT2D eigenvalue weighted by atomic mass is 10.0. The highest BCUT2D eigenvalue weighted by Crippen LogP contribution is 2.36. The minimum Gasteiger partial charge on any atom is -0.504 e. The minimum atomic E-state index is -0.371. The fourth-order valence-corrected chi connectivity index (χ4v) is 1.54. The molecule has 1 atom stereocenters. The summed E-state index contributed by atoms with van der Waals surface area (Å²) < 4.78 is 5.08. The number of aliphatic hydroxyl groups is 1. The number of aryl methyl sites for hydroxylation is 1. The average molecular weight is 211 g/mol. The summed E-state index contributed by atoms with van der Waals surface area (Å²) in [5.74, 6) is 0.513.